The van der Waals surface area contributed by atoms with Crippen LogP contribution in [0.4, 0.5) is 0 Å². The Hall–Kier alpha value is -2.42. The van der Waals surface area contributed by atoms with Crippen molar-refractivity contribution in [3.05, 3.63) is 82.9 Å². The Morgan fingerprint density at radius 2 is 1.67 bits per heavy atom. The van der Waals surface area contributed by atoms with Crippen molar-refractivity contribution in [2.75, 3.05) is 0 Å². The SMILES string of the molecule is Cc1ccccc1Cc1nc(CCc2ccccc2)n[nH]1. The van der Waals surface area contributed by atoms with E-state index in [1.165, 1.54) is 16.7 Å². The molecule has 0 atom stereocenters. The summed E-state index contributed by atoms with van der Waals surface area (Å²) in [6, 6.07) is 18.8. The number of hydrogen-bond acceptors (Lipinski definition) is 2. The number of nitrogens with one attached hydrogen (secondary N) is 1. The van der Waals surface area contributed by atoms with Crippen LogP contribution in [0.5, 0.6) is 0 Å². The largest absolute Gasteiger partial charge is 0.263 e. The van der Waals surface area contributed by atoms with Crippen molar-refractivity contribution >= 4 is 0 Å². The molecule has 106 valence electrons. The third-order valence-corrected chi connectivity index (χ3v) is 3.68. The molecule has 0 aliphatic rings. The summed E-state index contributed by atoms with van der Waals surface area (Å²) < 4.78 is 0. The Kier molecular flexibility index (Phi) is 4.10. The third-order valence-electron chi connectivity index (χ3n) is 3.68. The van der Waals surface area contributed by atoms with Crippen LogP contribution in [0, 0.1) is 6.92 Å². The molecule has 0 saturated heterocycles. The highest BCUT2D eigenvalue weighted by Gasteiger charge is 2.06. The van der Waals surface area contributed by atoms with E-state index in [0.29, 0.717) is 0 Å². The minimum atomic E-state index is 0.811. The van der Waals surface area contributed by atoms with Gasteiger partial charge in [-0.3, -0.25) is 5.10 Å². The molecule has 2 aromatic carbocycles. The van der Waals surface area contributed by atoms with Crippen LogP contribution in [-0.4, -0.2) is 15.2 Å². The average Bonchev–Trinajstić information content (AvgIpc) is 2.96. The molecule has 3 nitrogen and oxygen atoms in total. The number of hydrogen-bond donors (Lipinski definition) is 1. The van der Waals surface area contributed by atoms with Gasteiger partial charge in [-0.25, -0.2) is 4.98 Å². The highest BCUT2D eigenvalue weighted by molar-refractivity contribution is 5.28. The second-order valence-corrected chi connectivity index (χ2v) is 5.29. The molecule has 0 aliphatic carbocycles. The van der Waals surface area contributed by atoms with Crippen LogP contribution in [0.25, 0.3) is 0 Å². The first-order chi connectivity index (χ1) is 10.3. The Labute approximate surface area is 125 Å². The lowest BCUT2D eigenvalue weighted by Gasteiger charge is -2.01. The van der Waals surface area contributed by atoms with Gasteiger partial charge in [0.25, 0.3) is 0 Å². The molecule has 0 spiro atoms. The molecule has 0 amide bonds. The molecule has 0 bridgehead atoms. The Morgan fingerprint density at radius 3 is 2.48 bits per heavy atom. The van der Waals surface area contributed by atoms with Crippen molar-refractivity contribution < 1.29 is 0 Å². The molecule has 0 saturated carbocycles. The number of rotatable bonds is 5. The second-order valence-electron chi connectivity index (χ2n) is 5.29. The summed E-state index contributed by atoms with van der Waals surface area (Å²) in [5.74, 6) is 1.83. The third kappa shape index (κ3) is 3.57. The first-order valence-corrected chi connectivity index (χ1v) is 7.30. The molecule has 0 aliphatic heterocycles. The topological polar surface area (TPSA) is 41.6 Å². The highest BCUT2D eigenvalue weighted by Crippen LogP contribution is 2.11. The first-order valence-electron chi connectivity index (χ1n) is 7.30. The lowest BCUT2D eigenvalue weighted by molar-refractivity contribution is 0.865. The van der Waals surface area contributed by atoms with Crippen molar-refractivity contribution in [3.8, 4) is 0 Å². The predicted molar refractivity (Wildman–Crippen MR) is 84.2 cm³/mol. The van der Waals surface area contributed by atoms with E-state index in [2.05, 4.69) is 70.6 Å². The molecule has 0 unspecified atom stereocenters. The van der Waals surface area contributed by atoms with E-state index in [1.54, 1.807) is 0 Å². The number of H-pyrrole nitrogens is 1. The van der Waals surface area contributed by atoms with Crippen LogP contribution >= 0.6 is 0 Å². The summed E-state index contributed by atoms with van der Waals surface area (Å²) in [5.41, 5.74) is 3.91. The fourth-order valence-corrected chi connectivity index (χ4v) is 2.42. The van der Waals surface area contributed by atoms with Crippen molar-refractivity contribution in [2.45, 2.75) is 26.2 Å². The zero-order valence-electron chi connectivity index (χ0n) is 12.2. The van der Waals surface area contributed by atoms with Gasteiger partial charge < -0.3 is 0 Å². The Balaban J connectivity index is 1.63. The van der Waals surface area contributed by atoms with Gasteiger partial charge in [0.2, 0.25) is 0 Å². The summed E-state index contributed by atoms with van der Waals surface area (Å²) in [7, 11) is 0. The summed E-state index contributed by atoms with van der Waals surface area (Å²) >= 11 is 0. The van der Waals surface area contributed by atoms with Crippen LogP contribution in [-0.2, 0) is 19.3 Å². The molecule has 1 N–H and O–H groups in total. The maximum atomic E-state index is 4.60. The van der Waals surface area contributed by atoms with E-state index in [9.17, 15) is 0 Å². The van der Waals surface area contributed by atoms with Crippen LogP contribution < -0.4 is 0 Å². The summed E-state index contributed by atoms with van der Waals surface area (Å²) in [6.07, 6.45) is 2.65. The summed E-state index contributed by atoms with van der Waals surface area (Å²) in [4.78, 5) is 4.60. The van der Waals surface area contributed by atoms with Crippen LogP contribution in [0.15, 0.2) is 54.6 Å². The Bertz CT molecular complexity index is 701. The number of aryl methyl sites for hydroxylation is 3. The lowest BCUT2D eigenvalue weighted by Crippen LogP contribution is -1.95. The van der Waals surface area contributed by atoms with E-state index in [0.717, 1.165) is 30.9 Å². The number of nitrogens with zero attached hydrogens (tertiary/aromatic N) is 2. The maximum Gasteiger partial charge on any atom is 0.151 e. The van der Waals surface area contributed by atoms with E-state index >= 15 is 0 Å². The minimum Gasteiger partial charge on any atom is -0.263 e. The molecule has 3 aromatic rings. The van der Waals surface area contributed by atoms with Gasteiger partial charge in [0.1, 0.15) is 5.82 Å². The minimum absolute atomic E-state index is 0.811. The average molecular weight is 277 g/mol. The van der Waals surface area contributed by atoms with E-state index in [4.69, 9.17) is 0 Å². The molecule has 21 heavy (non-hydrogen) atoms. The quantitative estimate of drug-likeness (QED) is 0.775. The molecule has 1 aromatic heterocycles. The summed E-state index contributed by atoms with van der Waals surface area (Å²) in [6.45, 7) is 2.13. The first kappa shape index (κ1) is 13.6. The smallest absolute Gasteiger partial charge is 0.151 e. The van der Waals surface area contributed by atoms with E-state index in [1.807, 2.05) is 6.07 Å². The van der Waals surface area contributed by atoms with Crippen molar-refractivity contribution in [1.82, 2.24) is 15.2 Å². The number of benzene rings is 2. The Morgan fingerprint density at radius 1 is 0.905 bits per heavy atom. The summed E-state index contributed by atoms with van der Waals surface area (Å²) in [5, 5.41) is 7.38. The lowest BCUT2D eigenvalue weighted by atomic mass is 10.1. The maximum absolute atomic E-state index is 4.60. The second kappa shape index (κ2) is 6.35. The fourth-order valence-electron chi connectivity index (χ4n) is 2.42. The van der Waals surface area contributed by atoms with Crippen LogP contribution in [0.3, 0.4) is 0 Å². The van der Waals surface area contributed by atoms with Crippen molar-refractivity contribution in [1.29, 1.82) is 0 Å². The van der Waals surface area contributed by atoms with Gasteiger partial charge in [0, 0.05) is 12.8 Å². The molecule has 3 heteroatoms. The fraction of sp³-hybridized carbons (Fsp3) is 0.222. The van der Waals surface area contributed by atoms with Gasteiger partial charge in [-0.2, -0.15) is 5.10 Å². The van der Waals surface area contributed by atoms with Crippen LogP contribution in [0.1, 0.15) is 28.3 Å². The standard InChI is InChI=1S/C18H19N3/c1-14-7-5-6-10-16(14)13-18-19-17(20-21-18)12-11-15-8-3-2-4-9-15/h2-10H,11-13H2,1H3,(H,19,20,21). The van der Waals surface area contributed by atoms with Gasteiger partial charge in [0.15, 0.2) is 5.82 Å². The highest BCUT2D eigenvalue weighted by atomic mass is 15.2. The number of aromatic amines is 1. The molecule has 0 fully saturated rings. The molecular weight excluding hydrogens is 258 g/mol. The normalized spacial score (nSPS) is 10.7. The van der Waals surface area contributed by atoms with E-state index < -0.39 is 0 Å². The van der Waals surface area contributed by atoms with Gasteiger partial charge in [-0.15, -0.1) is 0 Å². The zero-order chi connectivity index (χ0) is 14.5. The van der Waals surface area contributed by atoms with Gasteiger partial charge >= 0.3 is 0 Å². The predicted octanol–water partition coefficient (Wildman–Crippen LogP) is 3.49. The van der Waals surface area contributed by atoms with Gasteiger partial charge in [-0.05, 0) is 30.0 Å². The van der Waals surface area contributed by atoms with E-state index in [-0.39, 0.29) is 0 Å². The van der Waals surface area contributed by atoms with Crippen molar-refractivity contribution in [2.24, 2.45) is 0 Å². The molecule has 3 rings (SSSR count). The van der Waals surface area contributed by atoms with Crippen molar-refractivity contribution in [3.63, 3.8) is 0 Å². The van der Waals surface area contributed by atoms with Crippen LogP contribution in [0.2, 0.25) is 0 Å². The number of aromatic nitrogens is 3. The van der Waals surface area contributed by atoms with Gasteiger partial charge in [-0.1, -0.05) is 54.6 Å². The molecule has 0 radical (unpaired) electrons. The monoisotopic (exact) mass is 277 g/mol. The zero-order valence-corrected chi connectivity index (χ0v) is 12.2. The molecular formula is C18H19N3. The molecule has 1 heterocycles. The van der Waals surface area contributed by atoms with Gasteiger partial charge in [0.05, 0.1) is 0 Å².